The van der Waals surface area contributed by atoms with Gasteiger partial charge in [-0.1, -0.05) is 23.5 Å². The highest BCUT2D eigenvalue weighted by atomic mass is 32.1. The molecule has 6 heteroatoms. The van der Waals surface area contributed by atoms with E-state index in [4.69, 9.17) is 4.98 Å². The molecule has 0 radical (unpaired) electrons. The zero-order valence-corrected chi connectivity index (χ0v) is 13.2. The summed E-state index contributed by atoms with van der Waals surface area (Å²) in [6.07, 6.45) is 0. The van der Waals surface area contributed by atoms with Gasteiger partial charge in [-0.3, -0.25) is 4.90 Å². The number of benzene rings is 1. The van der Waals surface area contributed by atoms with E-state index in [1.807, 2.05) is 5.51 Å². The van der Waals surface area contributed by atoms with Crippen LogP contribution in [-0.2, 0) is 6.54 Å². The Balaban J connectivity index is 1.42. The predicted octanol–water partition coefficient (Wildman–Crippen LogP) is 3.08. The Hall–Kier alpha value is -1.50. The molecule has 0 atom stereocenters. The first-order chi connectivity index (χ1) is 10.4. The predicted molar refractivity (Wildman–Crippen MR) is 89.2 cm³/mol. The Kier molecular flexibility index (Phi) is 3.58. The van der Waals surface area contributed by atoms with Crippen molar-refractivity contribution >= 4 is 38.0 Å². The molecule has 1 saturated heterocycles. The Bertz CT molecular complexity index is 681. The highest BCUT2D eigenvalue weighted by Gasteiger charge is 2.20. The van der Waals surface area contributed by atoms with Crippen LogP contribution < -0.4 is 4.90 Å². The SMILES string of the molecule is c1ccc2sc(N3CCN(Cc4cscn4)CC3)nc2c1. The average Bonchev–Trinajstić information content (AvgIpc) is 3.16. The van der Waals surface area contributed by atoms with Crippen molar-refractivity contribution < 1.29 is 0 Å². The molecule has 0 amide bonds. The number of fused-ring (bicyclic) bond motifs is 1. The monoisotopic (exact) mass is 316 g/mol. The molecule has 1 aliphatic heterocycles. The van der Waals surface area contributed by atoms with E-state index >= 15 is 0 Å². The first-order valence-corrected chi connectivity index (χ1v) is 8.84. The van der Waals surface area contributed by atoms with Crippen LogP contribution >= 0.6 is 22.7 Å². The smallest absolute Gasteiger partial charge is 0.186 e. The first kappa shape index (κ1) is 13.2. The summed E-state index contributed by atoms with van der Waals surface area (Å²) >= 11 is 3.47. The van der Waals surface area contributed by atoms with Crippen LogP contribution in [0.5, 0.6) is 0 Å². The molecule has 1 fully saturated rings. The molecule has 1 aliphatic rings. The summed E-state index contributed by atoms with van der Waals surface area (Å²) in [6, 6.07) is 8.37. The number of hydrogen-bond acceptors (Lipinski definition) is 6. The van der Waals surface area contributed by atoms with Gasteiger partial charge < -0.3 is 4.90 Å². The third-order valence-corrected chi connectivity index (χ3v) is 5.53. The summed E-state index contributed by atoms with van der Waals surface area (Å²) in [6.45, 7) is 5.21. The van der Waals surface area contributed by atoms with Crippen LogP contribution in [0.15, 0.2) is 35.2 Å². The van der Waals surface area contributed by atoms with E-state index in [2.05, 4.69) is 44.4 Å². The summed E-state index contributed by atoms with van der Waals surface area (Å²) in [5.74, 6) is 0. The average molecular weight is 316 g/mol. The van der Waals surface area contributed by atoms with Crippen LogP contribution in [0.1, 0.15) is 5.69 Å². The molecule has 3 heterocycles. The Morgan fingerprint density at radius 2 is 1.95 bits per heavy atom. The summed E-state index contributed by atoms with van der Waals surface area (Å²) in [5.41, 5.74) is 4.21. The Labute approximate surface area is 131 Å². The van der Waals surface area contributed by atoms with Gasteiger partial charge in [0.15, 0.2) is 5.13 Å². The van der Waals surface area contributed by atoms with Crippen molar-refractivity contribution in [1.82, 2.24) is 14.9 Å². The van der Waals surface area contributed by atoms with Crippen molar-refractivity contribution in [3.05, 3.63) is 40.8 Å². The number of para-hydroxylation sites is 1. The second-order valence-electron chi connectivity index (χ2n) is 5.21. The molecule has 0 aliphatic carbocycles. The van der Waals surface area contributed by atoms with E-state index in [0.29, 0.717) is 0 Å². The van der Waals surface area contributed by atoms with Gasteiger partial charge in [0.05, 0.1) is 21.4 Å². The van der Waals surface area contributed by atoms with Gasteiger partial charge in [-0.15, -0.1) is 11.3 Å². The molecule has 2 aromatic heterocycles. The molecule has 108 valence electrons. The summed E-state index contributed by atoms with van der Waals surface area (Å²) in [4.78, 5) is 14.0. The fraction of sp³-hybridized carbons (Fsp3) is 0.333. The van der Waals surface area contributed by atoms with E-state index in [-0.39, 0.29) is 0 Å². The maximum atomic E-state index is 4.75. The molecule has 0 saturated carbocycles. The summed E-state index contributed by atoms with van der Waals surface area (Å²) in [7, 11) is 0. The summed E-state index contributed by atoms with van der Waals surface area (Å²) in [5, 5.41) is 3.30. The van der Waals surface area contributed by atoms with Gasteiger partial charge in [0.2, 0.25) is 0 Å². The molecular weight excluding hydrogens is 300 g/mol. The van der Waals surface area contributed by atoms with Crippen LogP contribution in [0, 0.1) is 0 Å². The van der Waals surface area contributed by atoms with Crippen LogP contribution in [0.4, 0.5) is 5.13 Å². The van der Waals surface area contributed by atoms with Gasteiger partial charge in [0.25, 0.3) is 0 Å². The third-order valence-electron chi connectivity index (χ3n) is 3.79. The fourth-order valence-electron chi connectivity index (χ4n) is 2.64. The first-order valence-electron chi connectivity index (χ1n) is 7.08. The molecule has 1 aromatic carbocycles. The zero-order chi connectivity index (χ0) is 14.1. The van der Waals surface area contributed by atoms with E-state index in [0.717, 1.165) is 43.4 Å². The van der Waals surface area contributed by atoms with Crippen molar-refractivity contribution in [3.8, 4) is 0 Å². The lowest BCUT2D eigenvalue weighted by molar-refractivity contribution is 0.247. The summed E-state index contributed by atoms with van der Waals surface area (Å²) < 4.78 is 1.28. The van der Waals surface area contributed by atoms with Crippen LogP contribution in [0.25, 0.3) is 10.2 Å². The van der Waals surface area contributed by atoms with Crippen LogP contribution in [0.3, 0.4) is 0 Å². The van der Waals surface area contributed by atoms with Crippen LogP contribution in [-0.4, -0.2) is 41.0 Å². The van der Waals surface area contributed by atoms with Gasteiger partial charge in [0, 0.05) is 38.1 Å². The minimum absolute atomic E-state index is 0.969. The maximum absolute atomic E-state index is 4.75. The molecule has 4 rings (SSSR count). The number of hydrogen-bond donors (Lipinski definition) is 0. The lowest BCUT2D eigenvalue weighted by Gasteiger charge is -2.34. The number of aromatic nitrogens is 2. The highest BCUT2D eigenvalue weighted by molar-refractivity contribution is 7.22. The molecule has 0 spiro atoms. The van der Waals surface area contributed by atoms with Crippen molar-refractivity contribution in [1.29, 1.82) is 0 Å². The molecule has 0 bridgehead atoms. The number of rotatable bonds is 3. The topological polar surface area (TPSA) is 32.3 Å². The zero-order valence-electron chi connectivity index (χ0n) is 11.6. The number of anilines is 1. The fourth-order valence-corrected chi connectivity index (χ4v) is 4.20. The van der Waals surface area contributed by atoms with E-state index in [9.17, 15) is 0 Å². The van der Waals surface area contributed by atoms with Gasteiger partial charge in [-0.05, 0) is 12.1 Å². The normalized spacial score (nSPS) is 16.7. The van der Waals surface area contributed by atoms with E-state index < -0.39 is 0 Å². The van der Waals surface area contributed by atoms with Gasteiger partial charge in [-0.2, -0.15) is 0 Å². The van der Waals surface area contributed by atoms with Gasteiger partial charge in [-0.25, -0.2) is 9.97 Å². The molecule has 21 heavy (non-hydrogen) atoms. The third kappa shape index (κ3) is 2.79. The standard InChI is InChI=1S/C15H16N4S2/c1-2-4-14-13(3-1)17-15(21-14)19-7-5-18(6-8-19)9-12-10-20-11-16-12/h1-4,10-11H,5-9H2. The van der Waals surface area contributed by atoms with Crippen molar-refractivity contribution in [3.63, 3.8) is 0 Å². The molecule has 0 N–H and O–H groups in total. The number of piperazine rings is 1. The van der Waals surface area contributed by atoms with E-state index in [1.165, 1.54) is 10.4 Å². The molecule has 4 nitrogen and oxygen atoms in total. The minimum Gasteiger partial charge on any atom is -0.345 e. The lowest BCUT2D eigenvalue weighted by atomic mass is 10.3. The quantitative estimate of drug-likeness (QED) is 0.743. The molecule has 3 aromatic rings. The number of nitrogens with zero attached hydrogens (tertiary/aromatic N) is 4. The maximum Gasteiger partial charge on any atom is 0.186 e. The second-order valence-corrected chi connectivity index (χ2v) is 6.93. The molecular formula is C15H16N4S2. The van der Waals surface area contributed by atoms with E-state index in [1.54, 1.807) is 22.7 Å². The van der Waals surface area contributed by atoms with Crippen molar-refractivity contribution in [2.45, 2.75) is 6.54 Å². The number of thiazole rings is 2. The second kappa shape index (κ2) is 5.71. The Morgan fingerprint density at radius 3 is 2.71 bits per heavy atom. The van der Waals surface area contributed by atoms with Crippen molar-refractivity contribution in [2.24, 2.45) is 0 Å². The Morgan fingerprint density at radius 1 is 1.10 bits per heavy atom. The van der Waals surface area contributed by atoms with Crippen LogP contribution in [0.2, 0.25) is 0 Å². The molecule has 0 unspecified atom stereocenters. The van der Waals surface area contributed by atoms with Crippen molar-refractivity contribution in [2.75, 3.05) is 31.1 Å². The highest BCUT2D eigenvalue weighted by Crippen LogP contribution is 2.29. The largest absolute Gasteiger partial charge is 0.345 e. The van der Waals surface area contributed by atoms with Gasteiger partial charge in [0.1, 0.15) is 0 Å². The minimum atomic E-state index is 0.969. The lowest BCUT2D eigenvalue weighted by Crippen LogP contribution is -2.45. The van der Waals surface area contributed by atoms with Gasteiger partial charge >= 0.3 is 0 Å².